The lowest BCUT2D eigenvalue weighted by Gasteiger charge is -2.50. The highest BCUT2D eigenvalue weighted by molar-refractivity contribution is 5.95. The van der Waals surface area contributed by atoms with Crippen LogP contribution in [0.3, 0.4) is 0 Å². The van der Waals surface area contributed by atoms with Gasteiger partial charge in [-0.1, -0.05) is 30.3 Å². The summed E-state index contributed by atoms with van der Waals surface area (Å²) < 4.78 is 85.8. The van der Waals surface area contributed by atoms with Crippen molar-refractivity contribution in [3.63, 3.8) is 0 Å². The summed E-state index contributed by atoms with van der Waals surface area (Å²) in [4.78, 5) is 42.1. The second-order valence-electron chi connectivity index (χ2n) is 10.2. The number of hydrogen-bond acceptors (Lipinski definition) is 4. The molecule has 0 N–H and O–H groups in total. The molecular weight excluding hydrogens is 544 g/mol. The summed E-state index contributed by atoms with van der Waals surface area (Å²) in [5.41, 5.74) is -4.14. The van der Waals surface area contributed by atoms with Crippen LogP contribution in [0.15, 0.2) is 48.5 Å². The number of carbonyl (C=O) groups is 3. The molecule has 0 bridgehead atoms. The van der Waals surface area contributed by atoms with E-state index in [1.54, 1.807) is 26.2 Å². The van der Waals surface area contributed by atoms with Crippen LogP contribution in [0.1, 0.15) is 45.8 Å². The van der Waals surface area contributed by atoms with Gasteiger partial charge in [-0.2, -0.15) is 26.3 Å². The zero-order valence-corrected chi connectivity index (χ0v) is 21.7. The molecule has 1 unspecified atom stereocenters. The van der Waals surface area contributed by atoms with Crippen LogP contribution in [-0.4, -0.2) is 78.5 Å². The number of likely N-dealkylation sites (tertiary alicyclic amines) is 1. The van der Waals surface area contributed by atoms with Gasteiger partial charge in [0.25, 0.3) is 5.91 Å². The average molecular weight is 572 g/mol. The Morgan fingerprint density at radius 2 is 1.50 bits per heavy atom. The maximum atomic E-state index is 13.3. The fourth-order valence-electron chi connectivity index (χ4n) is 5.10. The van der Waals surface area contributed by atoms with Crippen molar-refractivity contribution in [1.82, 2.24) is 14.7 Å². The van der Waals surface area contributed by atoms with Gasteiger partial charge in [0, 0.05) is 58.1 Å². The summed E-state index contributed by atoms with van der Waals surface area (Å²) in [5.74, 6) is -1.69. The Morgan fingerprint density at radius 1 is 0.950 bits per heavy atom. The lowest BCUT2D eigenvalue weighted by molar-refractivity contribution is -0.143. The van der Waals surface area contributed by atoms with E-state index in [1.807, 2.05) is 18.2 Å². The number of carbonyl (C=O) groups excluding carboxylic acids is 3. The highest BCUT2D eigenvalue weighted by atomic mass is 19.4. The molecule has 0 aromatic heterocycles. The van der Waals surface area contributed by atoms with E-state index in [-0.39, 0.29) is 51.0 Å². The van der Waals surface area contributed by atoms with Crippen molar-refractivity contribution < 1.29 is 45.5 Å². The van der Waals surface area contributed by atoms with Crippen LogP contribution in [0.2, 0.25) is 0 Å². The summed E-state index contributed by atoms with van der Waals surface area (Å²) in [5, 5.41) is 0. The first-order chi connectivity index (χ1) is 18.6. The van der Waals surface area contributed by atoms with Crippen molar-refractivity contribution in [3.8, 4) is 0 Å². The van der Waals surface area contributed by atoms with Crippen LogP contribution < -0.4 is 0 Å². The van der Waals surface area contributed by atoms with Crippen molar-refractivity contribution in [2.75, 3.05) is 40.3 Å². The second kappa shape index (κ2) is 10.7. The molecular formula is C27H27F6N3O4. The van der Waals surface area contributed by atoms with Crippen molar-refractivity contribution in [1.29, 1.82) is 0 Å². The largest absolute Gasteiger partial charge is 0.442 e. The Morgan fingerprint density at radius 3 is 2.00 bits per heavy atom. The third kappa shape index (κ3) is 6.02. The van der Waals surface area contributed by atoms with Gasteiger partial charge < -0.3 is 14.5 Å². The Labute approximate surface area is 226 Å². The number of nitrogens with zero attached hydrogens (tertiary/aromatic N) is 3. The van der Waals surface area contributed by atoms with Crippen molar-refractivity contribution in [2.45, 2.75) is 36.7 Å². The maximum Gasteiger partial charge on any atom is 0.416 e. The molecule has 13 heteroatoms. The molecule has 2 heterocycles. The summed E-state index contributed by atoms with van der Waals surface area (Å²) >= 11 is 0. The van der Waals surface area contributed by atoms with Gasteiger partial charge in [0.05, 0.1) is 11.1 Å². The van der Waals surface area contributed by atoms with Crippen LogP contribution in [0.25, 0.3) is 0 Å². The molecule has 0 saturated carbocycles. The molecule has 2 aromatic rings. The third-order valence-electron chi connectivity index (χ3n) is 7.35. The molecule has 2 aliphatic heterocycles. The summed E-state index contributed by atoms with van der Waals surface area (Å²) in [7, 11) is 3.12. The third-order valence-corrected chi connectivity index (χ3v) is 7.35. The van der Waals surface area contributed by atoms with Gasteiger partial charge in [0.1, 0.15) is 12.1 Å². The molecule has 216 valence electrons. The fourth-order valence-corrected chi connectivity index (χ4v) is 5.10. The van der Waals surface area contributed by atoms with Gasteiger partial charge in [-0.05, 0) is 23.8 Å². The number of likely N-dealkylation sites (N-methyl/N-ethyl adjacent to an activating group) is 1. The van der Waals surface area contributed by atoms with Crippen molar-refractivity contribution in [3.05, 3.63) is 70.8 Å². The van der Waals surface area contributed by atoms with Crippen LogP contribution >= 0.6 is 0 Å². The van der Waals surface area contributed by atoms with Crippen LogP contribution in [-0.2, 0) is 21.9 Å². The fraction of sp³-hybridized carbons (Fsp3) is 0.444. The predicted molar refractivity (Wildman–Crippen MR) is 130 cm³/mol. The smallest absolute Gasteiger partial charge is 0.416 e. The first-order valence-corrected chi connectivity index (χ1v) is 12.4. The number of benzene rings is 2. The molecule has 0 radical (unpaired) electrons. The molecule has 2 fully saturated rings. The maximum absolute atomic E-state index is 13.3. The van der Waals surface area contributed by atoms with Gasteiger partial charge in [-0.15, -0.1) is 0 Å². The topological polar surface area (TPSA) is 70.2 Å². The lowest BCUT2D eigenvalue weighted by atomic mass is 9.74. The van der Waals surface area contributed by atoms with Gasteiger partial charge in [0.15, 0.2) is 0 Å². The Bertz CT molecular complexity index is 1240. The average Bonchev–Trinajstić information content (AvgIpc) is 2.89. The first-order valence-electron chi connectivity index (χ1n) is 12.4. The second-order valence-corrected chi connectivity index (χ2v) is 10.2. The highest BCUT2D eigenvalue weighted by Gasteiger charge is 2.51. The van der Waals surface area contributed by atoms with Crippen LogP contribution in [0.5, 0.6) is 0 Å². The molecule has 2 aromatic carbocycles. The standard InChI is InChI=1S/C27H27F6N3O4/c1-34(2)22(37)16-36-15-21(17-6-4-3-5-7-17)25(40-24(36)39)8-10-35(11-9-25)23(38)18-12-19(26(28,29)30)14-20(13-18)27(31,32)33/h3-7,12-14,21H,8-11,15-16H2,1-2H3. The van der Waals surface area contributed by atoms with E-state index in [9.17, 15) is 40.7 Å². The van der Waals surface area contributed by atoms with E-state index in [2.05, 4.69) is 0 Å². The first kappa shape index (κ1) is 29.2. The molecule has 7 nitrogen and oxygen atoms in total. The number of hydrogen-bond donors (Lipinski definition) is 0. The Kier molecular flexibility index (Phi) is 7.79. The number of alkyl halides is 6. The quantitative estimate of drug-likeness (QED) is 0.484. The molecule has 1 spiro atoms. The van der Waals surface area contributed by atoms with Gasteiger partial charge >= 0.3 is 18.4 Å². The number of amides is 3. The molecule has 2 saturated heterocycles. The minimum absolute atomic E-state index is 0.0271. The van der Waals surface area contributed by atoms with E-state index in [0.717, 1.165) is 5.56 Å². The minimum atomic E-state index is -5.08. The normalized spacial score (nSPS) is 19.4. The van der Waals surface area contributed by atoms with Gasteiger partial charge in [0.2, 0.25) is 5.91 Å². The van der Waals surface area contributed by atoms with Gasteiger partial charge in [-0.25, -0.2) is 4.79 Å². The van der Waals surface area contributed by atoms with E-state index in [4.69, 9.17) is 4.74 Å². The Hall–Kier alpha value is -3.77. The van der Waals surface area contributed by atoms with E-state index in [1.165, 1.54) is 14.7 Å². The number of piperidine rings is 1. The zero-order valence-electron chi connectivity index (χ0n) is 21.7. The molecule has 40 heavy (non-hydrogen) atoms. The van der Waals surface area contributed by atoms with Crippen LogP contribution in [0, 0.1) is 0 Å². The Balaban J connectivity index is 1.59. The molecule has 0 aliphatic carbocycles. The van der Waals surface area contributed by atoms with E-state index in [0.29, 0.717) is 12.1 Å². The summed E-state index contributed by atoms with van der Waals surface area (Å²) in [6.07, 6.45) is -10.7. The number of halogens is 6. The van der Waals surface area contributed by atoms with Crippen molar-refractivity contribution >= 4 is 17.9 Å². The predicted octanol–water partition coefficient (Wildman–Crippen LogP) is 5.02. The van der Waals surface area contributed by atoms with Gasteiger partial charge in [-0.3, -0.25) is 14.5 Å². The van der Waals surface area contributed by atoms with Crippen LogP contribution in [0.4, 0.5) is 31.1 Å². The molecule has 2 aliphatic rings. The lowest BCUT2D eigenvalue weighted by Crippen LogP contribution is -2.60. The summed E-state index contributed by atoms with van der Waals surface area (Å²) in [6, 6.07) is 9.90. The van der Waals surface area contributed by atoms with E-state index >= 15 is 0 Å². The zero-order chi connectivity index (χ0) is 29.5. The molecule has 4 rings (SSSR count). The number of ether oxygens (including phenoxy) is 1. The SMILES string of the molecule is CN(C)C(=O)CN1CC(c2ccccc2)C2(CCN(C(=O)c3cc(C(F)(F)F)cc(C(F)(F)F)c3)CC2)OC1=O. The highest BCUT2D eigenvalue weighted by Crippen LogP contribution is 2.44. The number of rotatable bonds is 4. The molecule has 1 atom stereocenters. The van der Waals surface area contributed by atoms with Crippen molar-refractivity contribution in [2.24, 2.45) is 0 Å². The monoisotopic (exact) mass is 571 g/mol. The summed E-state index contributed by atoms with van der Waals surface area (Å²) in [6.45, 7) is -0.181. The minimum Gasteiger partial charge on any atom is -0.442 e. The van der Waals surface area contributed by atoms with E-state index < -0.39 is 52.6 Å². The molecule has 3 amide bonds.